The highest BCUT2D eigenvalue weighted by molar-refractivity contribution is 14.0. The van der Waals surface area contributed by atoms with E-state index in [0.717, 1.165) is 12.1 Å². The molecule has 0 aromatic heterocycles. The third-order valence-corrected chi connectivity index (χ3v) is 4.46. The Balaban J connectivity index is 0.00000450. The van der Waals surface area contributed by atoms with Crippen LogP contribution in [0.3, 0.4) is 0 Å². The average molecular weight is 556 g/mol. The van der Waals surface area contributed by atoms with Crippen molar-refractivity contribution in [2.45, 2.75) is 32.2 Å². The highest BCUT2D eigenvalue weighted by Crippen LogP contribution is 2.32. The van der Waals surface area contributed by atoms with Crippen molar-refractivity contribution in [2.75, 3.05) is 32.7 Å². The molecule has 2 rings (SSSR count). The second-order valence-electron chi connectivity index (χ2n) is 6.88. The predicted octanol–water partition coefficient (Wildman–Crippen LogP) is 4.40. The molecule has 1 fully saturated rings. The number of rotatable bonds is 6. The van der Waals surface area contributed by atoms with Gasteiger partial charge in [0.25, 0.3) is 0 Å². The Kier molecular flexibility index (Phi) is 10.1. The Morgan fingerprint density at radius 2 is 1.87 bits per heavy atom. The lowest BCUT2D eigenvalue weighted by Crippen LogP contribution is -2.40. The van der Waals surface area contributed by atoms with Crippen LogP contribution in [0.2, 0.25) is 0 Å². The third-order valence-electron chi connectivity index (χ3n) is 4.46. The number of alkyl halides is 6. The van der Waals surface area contributed by atoms with Gasteiger partial charge in [-0.15, -0.1) is 24.0 Å². The minimum atomic E-state index is -4.70. The standard InChI is InChI=1S/C18H23F7N4.HI/c1-2-26-16(27-8-12-5-6-29(10-12)11-17(20,21)22)28-9-13-3-4-14(19)7-15(13)18(23,24)25;/h3-4,7,12H,2,5-6,8-11H2,1H3,(H2,26,27,28);1H. The maximum Gasteiger partial charge on any atom is 0.416 e. The number of halogens is 8. The fraction of sp³-hybridized carbons (Fsp3) is 0.611. The number of nitrogens with one attached hydrogen (secondary N) is 2. The van der Waals surface area contributed by atoms with Gasteiger partial charge in [-0.1, -0.05) is 6.07 Å². The molecule has 0 aliphatic carbocycles. The molecule has 0 saturated carbocycles. The van der Waals surface area contributed by atoms with Crippen LogP contribution in [0.1, 0.15) is 24.5 Å². The quantitative estimate of drug-likeness (QED) is 0.236. The van der Waals surface area contributed by atoms with E-state index < -0.39 is 30.3 Å². The molecule has 2 N–H and O–H groups in total. The molecule has 1 saturated heterocycles. The summed E-state index contributed by atoms with van der Waals surface area (Å²) in [4.78, 5) is 5.43. The molecular weight excluding hydrogens is 532 g/mol. The van der Waals surface area contributed by atoms with Crippen LogP contribution in [-0.2, 0) is 12.7 Å². The van der Waals surface area contributed by atoms with E-state index in [1.807, 2.05) is 0 Å². The van der Waals surface area contributed by atoms with Crippen LogP contribution in [0.5, 0.6) is 0 Å². The summed E-state index contributed by atoms with van der Waals surface area (Å²) in [5, 5.41) is 5.85. The van der Waals surface area contributed by atoms with Crippen molar-refractivity contribution in [3.05, 3.63) is 35.1 Å². The van der Waals surface area contributed by atoms with Crippen molar-refractivity contribution < 1.29 is 30.7 Å². The van der Waals surface area contributed by atoms with E-state index in [0.29, 0.717) is 32.1 Å². The van der Waals surface area contributed by atoms with Gasteiger partial charge in [0.05, 0.1) is 18.7 Å². The lowest BCUT2D eigenvalue weighted by molar-refractivity contribution is -0.143. The molecule has 1 aromatic carbocycles. The Labute approximate surface area is 187 Å². The fourth-order valence-electron chi connectivity index (χ4n) is 3.17. The number of aliphatic imine (C=N–C) groups is 1. The summed E-state index contributed by atoms with van der Waals surface area (Å²) in [7, 11) is 0. The molecule has 1 aromatic rings. The van der Waals surface area contributed by atoms with E-state index in [4.69, 9.17) is 0 Å². The first-order chi connectivity index (χ1) is 13.5. The molecule has 1 heterocycles. The smallest absolute Gasteiger partial charge is 0.357 e. The van der Waals surface area contributed by atoms with Gasteiger partial charge in [0.2, 0.25) is 0 Å². The summed E-state index contributed by atoms with van der Waals surface area (Å²) < 4.78 is 89.8. The van der Waals surface area contributed by atoms with Crippen LogP contribution in [0.15, 0.2) is 23.2 Å². The molecule has 1 aliphatic heterocycles. The predicted molar refractivity (Wildman–Crippen MR) is 110 cm³/mol. The number of likely N-dealkylation sites (tertiary alicyclic amines) is 1. The Hall–Kier alpha value is -1.31. The summed E-state index contributed by atoms with van der Waals surface area (Å²) in [6, 6.07) is 2.41. The van der Waals surface area contributed by atoms with Crippen molar-refractivity contribution in [3.8, 4) is 0 Å². The molecule has 1 unspecified atom stereocenters. The normalized spacial score (nSPS) is 18.3. The molecule has 1 atom stereocenters. The second-order valence-corrected chi connectivity index (χ2v) is 6.88. The van der Waals surface area contributed by atoms with Crippen molar-refractivity contribution in [3.63, 3.8) is 0 Å². The van der Waals surface area contributed by atoms with Crippen molar-refractivity contribution in [1.29, 1.82) is 0 Å². The summed E-state index contributed by atoms with van der Waals surface area (Å²) in [6.07, 6.45) is -8.37. The van der Waals surface area contributed by atoms with Gasteiger partial charge in [0.1, 0.15) is 5.82 Å². The minimum absolute atomic E-state index is 0. The molecule has 1 aliphatic rings. The number of hydrogen-bond donors (Lipinski definition) is 2. The maximum absolute atomic E-state index is 13.2. The van der Waals surface area contributed by atoms with Crippen LogP contribution in [0.25, 0.3) is 0 Å². The van der Waals surface area contributed by atoms with Gasteiger partial charge < -0.3 is 10.6 Å². The Bertz CT molecular complexity index is 707. The van der Waals surface area contributed by atoms with Crippen LogP contribution >= 0.6 is 24.0 Å². The van der Waals surface area contributed by atoms with Crippen LogP contribution in [0, 0.1) is 11.7 Å². The second kappa shape index (κ2) is 11.3. The first-order valence-electron chi connectivity index (χ1n) is 9.15. The van der Waals surface area contributed by atoms with Gasteiger partial charge in [-0.25, -0.2) is 9.38 Å². The lowest BCUT2D eigenvalue weighted by Gasteiger charge is -2.19. The number of hydrogen-bond acceptors (Lipinski definition) is 2. The topological polar surface area (TPSA) is 39.7 Å². The van der Waals surface area contributed by atoms with E-state index in [2.05, 4.69) is 15.6 Å². The van der Waals surface area contributed by atoms with E-state index in [1.54, 1.807) is 6.92 Å². The van der Waals surface area contributed by atoms with Gasteiger partial charge in [-0.05, 0) is 43.5 Å². The molecule has 0 spiro atoms. The zero-order chi connectivity index (χ0) is 21.7. The Morgan fingerprint density at radius 1 is 1.17 bits per heavy atom. The number of nitrogens with zero attached hydrogens (tertiary/aromatic N) is 2. The van der Waals surface area contributed by atoms with E-state index in [9.17, 15) is 30.7 Å². The largest absolute Gasteiger partial charge is 0.416 e. The summed E-state index contributed by atoms with van der Waals surface area (Å²) in [5.41, 5.74) is -1.26. The summed E-state index contributed by atoms with van der Waals surface area (Å²) in [5.74, 6) is -0.767. The average Bonchev–Trinajstić information content (AvgIpc) is 3.02. The summed E-state index contributed by atoms with van der Waals surface area (Å²) >= 11 is 0. The van der Waals surface area contributed by atoms with Gasteiger partial charge in [-0.2, -0.15) is 26.3 Å². The zero-order valence-corrected chi connectivity index (χ0v) is 18.5. The molecule has 0 radical (unpaired) electrons. The van der Waals surface area contributed by atoms with Crippen molar-refractivity contribution in [1.82, 2.24) is 15.5 Å². The van der Waals surface area contributed by atoms with Gasteiger partial charge in [0, 0.05) is 19.6 Å². The van der Waals surface area contributed by atoms with Crippen molar-refractivity contribution >= 4 is 29.9 Å². The molecule has 0 bridgehead atoms. The van der Waals surface area contributed by atoms with Crippen molar-refractivity contribution in [2.24, 2.45) is 10.9 Å². The van der Waals surface area contributed by atoms with Crippen LogP contribution in [-0.4, -0.2) is 49.8 Å². The van der Waals surface area contributed by atoms with E-state index >= 15 is 0 Å². The molecule has 172 valence electrons. The number of guanidine groups is 1. The highest BCUT2D eigenvalue weighted by atomic mass is 127. The molecule has 30 heavy (non-hydrogen) atoms. The molecular formula is C18H24F7IN4. The lowest BCUT2D eigenvalue weighted by atomic mass is 10.1. The number of benzene rings is 1. The molecule has 12 heteroatoms. The van der Waals surface area contributed by atoms with E-state index in [-0.39, 0.29) is 54.5 Å². The maximum atomic E-state index is 13.2. The first-order valence-corrected chi connectivity index (χ1v) is 9.15. The van der Waals surface area contributed by atoms with Gasteiger partial charge in [0.15, 0.2) is 5.96 Å². The molecule has 4 nitrogen and oxygen atoms in total. The van der Waals surface area contributed by atoms with Gasteiger partial charge >= 0.3 is 12.4 Å². The fourth-order valence-corrected chi connectivity index (χ4v) is 3.17. The zero-order valence-electron chi connectivity index (χ0n) is 16.2. The van der Waals surface area contributed by atoms with Crippen LogP contribution in [0.4, 0.5) is 30.7 Å². The monoisotopic (exact) mass is 556 g/mol. The van der Waals surface area contributed by atoms with Crippen LogP contribution < -0.4 is 10.6 Å². The minimum Gasteiger partial charge on any atom is -0.357 e. The SMILES string of the molecule is CCNC(=NCc1ccc(F)cc1C(F)(F)F)NCC1CCN(CC(F)(F)F)C1.I. The Morgan fingerprint density at radius 3 is 2.47 bits per heavy atom. The summed E-state index contributed by atoms with van der Waals surface area (Å²) in [6.45, 7) is 1.91. The third kappa shape index (κ3) is 8.82. The molecule has 0 amide bonds. The van der Waals surface area contributed by atoms with Gasteiger partial charge in [-0.3, -0.25) is 4.90 Å². The van der Waals surface area contributed by atoms with E-state index in [1.165, 1.54) is 4.90 Å². The highest BCUT2D eigenvalue weighted by Gasteiger charge is 2.35. The first kappa shape index (κ1) is 26.7.